The zero-order valence-electron chi connectivity index (χ0n) is 11.3. The van der Waals surface area contributed by atoms with Gasteiger partial charge in [-0.05, 0) is 54.9 Å². The Hall–Kier alpha value is -1.75. The number of benzene rings is 1. The van der Waals surface area contributed by atoms with Gasteiger partial charge in [-0.3, -0.25) is 0 Å². The summed E-state index contributed by atoms with van der Waals surface area (Å²) in [4.78, 5) is 0. The molecule has 0 radical (unpaired) electrons. The first-order valence-corrected chi connectivity index (χ1v) is 6.22. The molecule has 0 saturated heterocycles. The molecular formula is C13H19N5. The van der Waals surface area contributed by atoms with Gasteiger partial charge in [-0.15, -0.1) is 5.10 Å². The lowest BCUT2D eigenvalue weighted by Crippen LogP contribution is -2.21. The summed E-state index contributed by atoms with van der Waals surface area (Å²) in [6, 6.07) is 6.42. The summed E-state index contributed by atoms with van der Waals surface area (Å²) in [7, 11) is 0. The molecule has 1 heterocycles. The Morgan fingerprint density at radius 2 is 2.11 bits per heavy atom. The molecular weight excluding hydrogens is 226 g/mol. The summed E-state index contributed by atoms with van der Waals surface area (Å²) in [5.41, 5.74) is 3.41. The van der Waals surface area contributed by atoms with Gasteiger partial charge in [0.15, 0.2) is 5.82 Å². The van der Waals surface area contributed by atoms with Crippen molar-refractivity contribution >= 4 is 0 Å². The van der Waals surface area contributed by atoms with E-state index >= 15 is 0 Å². The molecule has 5 nitrogen and oxygen atoms in total. The largest absolute Gasteiger partial charge is 0.308 e. The number of nitrogens with one attached hydrogen (secondary N) is 1. The van der Waals surface area contributed by atoms with Crippen LogP contribution in [-0.2, 0) is 0 Å². The average molecular weight is 245 g/mol. The van der Waals surface area contributed by atoms with Crippen molar-refractivity contribution in [3.63, 3.8) is 0 Å². The molecule has 0 aliphatic carbocycles. The number of aromatic nitrogens is 4. The molecule has 0 bridgehead atoms. The summed E-state index contributed by atoms with van der Waals surface area (Å²) >= 11 is 0. The maximum absolute atomic E-state index is 4.12. The third-order valence-electron chi connectivity index (χ3n) is 2.98. The molecule has 0 spiro atoms. The van der Waals surface area contributed by atoms with Crippen LogP contribution in [0.25, 0.3) is 5.69 Å². The van der Waals surface area contributed by atoms with Gasteiger partial charge in [-0.2, -0.15) is 4.68 Å². The third-order valence-corrected chi connectivity index (χ3v) is 2.98. The SMILES string of the molecule is CCNC(C)c1nnnn1-c1cc(C)ccc1C. The molecule has 2 rings (SSSR count). The molecule has 0 aliphatic rings. The molecule has 96 valence electrons. The number of aryl methyl sites for hydroxylation is 2. The molecule has 5 heteroatoms. The second kappa shape index (κ2) is 5.27. The smallest absolute Gasteiger partial charge is 0.173 e. The number of nitrogens with zero attached hydrogens (tertiary/aromatic N) is 4. The molecule has 0 amide bonds. The van der Waals surface area contributed by atoms with Crippen LogP contribution in [0.1, 0.15) is 36.8 Å². The standard InChI is InChI=1S/C13H19N5/c1-5-14-11(4)13-15-16-17-18(13)12-8-9(2)6-7-10(12)3/h6-8,11,14H,5H2,1-4H3. The van der Waals surface area contributed by atoms with Crippen LogP contribution < -0.4 is 5.32 Å². The lowest BCUT2D eigenvalue weighted by molar-refractivity contribution is 0.550. The minimum Gasteiger partial charge on any atom is -0.308 e. The van der Waals surface area contributed by atoms with E-state index in [1.807, 2.05) is 4.68 Å². The fraction of sp³-hybridized carbons (Fsp3) is 0.462. The van der Waals surface area contributed by atoms with E-state index in [0.29, 0.717) is 0 Å². The van der Waals surface area contributed by atoms with E-state index in [1.54, 1.807) is 0 Å². The van der Waals surface area contributed by atoms with E-state index in [0.717, 1.165) is 23.6 Å². The zero-order chi connectivity index (χ0) is 13.1. The van der Waals surface area contributed by atoms with Gasteiger partial charge in [-0.1, -0.05) is 19.1 Å². The van der Waals surface area contributed by atoms with E-state index in [-0.39, 0.29) is 6.04 Å². The number of hydrogen-bond donors (Lipinski definition) is 1. The molecule has 0 saturated carbocycles. The number of hydrogen-bond acceptors (Lipinski definition) is 4. The first-order chi connectivity index (χ1) is 8.63. The summed E-state index contributed by atoms with van der Waals surface area (Å²) < 4.78 is 1.82. The summed E-state index contributed by atoms with van der Waals surface area (Å²) in [5.74, 6) is 0.838. The van der Waals surface area contributed by atoms with Crippen LogP contribution >= 0.6 is 0 Å². The lowest BCUT2D eigenvalue weighted by Gasteiger charge is -2.13. The van der Waals surface area contributed by atoms with Gasteiger partial charge in [0, 0.05) is 0 Å². The van der Waals surface area contributed by atoms with Gasteiger partial charge in [0.2, 0.25) is 0 Å². The topological polar surface area (TPSA) is 55.6 Å². The van der Waals surface area contributed by atoms with Crippen LogP contribution in [0, 0.1) is 13.8 Å². The Morgan fingerprint density at radius 3 is 2.83 bits per heavy atom. The highest BCUT2D eigenvalue weighted by Gasteiger charge is 2.15. The molecule has 0 fully saturated rings. The van der Waals surface area contributed by atoms with Gasteiger partial charge in [0.25, 0.3) is 0 Å². The van der Waals surface area contributed by atoms with Crippen LogP contribution in [0.4, 0.5) is 0 Å². The average Bonchev–Trinajstić information content (AvgIpc) is 2.81. The van der Waals surface area contributed by atoms with Crippen LogP contribution in [0.15, 0.2) is 18.2 Å². The molecule has 1 atom stereocenters. The van der Waals surface area contributed by atoms with Crippen molar-refractivity contribution in [2.24, 2.45) is 0 Å². The maximum atomic E-state index is 4.12. The second-order valence-corrected chi connectivity index (χ2v) is 4.52. The van der Waals surface area contributed by atoms with E-state index in [4.69, 9.17) is 0 Å². The van der Waals surface area contributed by atoms with Gasteiger partial charge in [0.05, 0.1) is 11.7 Å². The normalized spacial score (nSPS) is 12.7. The zero-order valence-corrected chi connectivity index (χ0v) is 11.3. The maximum Gasteiger partial charge on any atom is 0.173 e. The Labute approximate surface area is 107 Å². The van der Waals surface area contributed by atoms with Crippen LogP contribution in [-0.4, -0.2) is 26.8 Å². The second-order valence-electron chi connectivity index (χ2n) is 4.52. The summed E-state index contributed by atoms with van der Waals surface area (Å²) in [6.07, 6.45) is 0. The van der Waals surface area contributed by atoms with Crippen molar-refractivity contribution in [3.8, 4) is 5.69 Å². The Balaban J connectivity index is 2.45. The van der Waals surface area contributed by atoms with Crippen molar-refractivity contribution in [2.45, 2.75) is 33.7 Å². The molecule has 18 heavy (non-hydrogen) atoms. The highest BCUT2D eigenvalue weighted by Crippen LogP contribution is 2.18. The predicted octanol–water partition coefficient (Wildman–Crippen LogP) is 1.95. The molecule has 1 aromatic heterocycles. The van der Waals surface area contributed by atoms with Gasteiger partial charge in [0.1, 0.15) is 0 Å². The molecule has 1 unspecified atom stereocenters. The minimum absolute atomic E-state index is 0.130. The Morgan fingerprint density at radius 1 is 1.33 bits per heavy atom. The Bertz CT molecular complexity index is 532. The highest BCUT2D eigenvalue weighted by molar-refractivity contribution is 5.42. The fourth-order valence-corrected chi connectivity index (χ4v) is 1.98. The predicted molar refractivity (Wildman–Crippen MR) is 70.7 cm³/mol. The lowest BCUT2D eigenvalue weighted by atomic mass is 10.1. The molecule has 1 aromatic carbocycles. The summed E-state index contributed by atoms with van der Waals surface area (Å²) in [6.45, 7) is 9.17. The first-order valence-electron chi connectivity index (χ1n) is 6.22. The highest BCUT2D eigenvalue weighted by atomic mass is 15.5. The first kappa shape index (κ1) is 12.7. The summed E-state index contributed by atoms with van der Waals surface area (Å²) in [5, 5.41) is 15.4. The van der Waals surface area contributed by atoms with Gasteiger partial charge in [-0.25, -0.2) is 0 Å². The molecule has 2 aromatic rings. The van der Waals surface area contributed by atoms with Crippen molar-refractivity contribution in [1.82, 2.24) is 25.5 Å². The quantitative estimate of drug-likeness (QED) is 0.894. The van der Waals surface area contributed by atoms with E-state index in [2.05, 4.69) is 66.7 Å². The van der Waals surface area contributed by atoms with Crippen molar-refractivity contribution in [3.05, 3.63) is 35.2 Å². The third kappa shape index (κ3) is 2.41. The van der Waals surface area contributed by atoms with Gasteiger partial charge < -0.3 is 5.32 Å². The Kier molecular flexibility index (Phi) is 3.72. The van der Waals surface area contributed by atoms with E-state index in [1.165, 1.54) is 5.56 Å². The van der Waals surface area contributed by atoms with Crippen molar-refractivity contribution in [1.29, 1.82) is 0 Å². The number of rotatable bonds is 4. The molecule has 1 N–H and O–H groups in total. The fourth-order valence-electron chi connectivity index (χ4n) is 1.98. The van der Waals surface area contributed by atoms with Crippen molar-refractivity contribution < 1.29 is 0 Å². The van der Waals surface area contributed by atoms with Crippen molar-refractivity contribution in [2.75, 3.05) is 6.54 Å². The number of tetrazole rings is 1. The van der Waals surface area contributed by atoms with Crippen LogP contribution in [0.2, 0.25) is 0 Å². The van der Waals surface area contributed by atoms with Crippen LogP contribution in [0.3, 0.4) is 0 Å². The van der Waals surface area contributed by atoms with Crippen LogP contribution in [0.5, 0.6) is 0 Å². The van der Waals surface area contributed by atoms with E-state index < -0.39 is 0 Å². The molecule has 0 aliphatic heterocycles. The monoisotopic (exact) mass is 245 g/mol. The van der Waals surface area contributed by atoms with Gasteiger partial charge >= 0.3 is 0 Å². The van der Waals surface area contributed by atoms with E-state index in [9.17, 15) is 0 Å². The minimum atomic E-state index is 0.130.